The van der Waals surface area contributed by atoms with Crippen molar-refractivity contribution in [2.45, 2.75) is 18.4 Å². The van der Waals surface area contributed by atoms with Gasteiger partial charge in [-0.1, -0.05) is 42.5 Å². The highest BCUT2D eigenvalue weighted by atomic mass is 32.2. The number of rotatable bonds is 7. The molecule has 40 heavy (non-hydrogen) atoms. The van der Waals surface area contributed by atoms with Crippen LogP contribution in [0.15, 0.2) is 90.0 Å². The third-order valence-electron chi connectivity index (χ3n) is 6.75. The summed E-state index contributed by atoms with van der Waals surface area (Å²) in [4.78, 5) is 19.7. The molecule has 3 aromatic carbocycles. The monoisotopic (exact) mass is 559 g/mol. The molecule has 206 valence electrons. The molecule has 2 N–H and O–H groups in total. The van der Waals surface area contributed by atoms with Crippen molar-refractivity contribution in [3.63, 3.8) is 0 Å². The Morgan fingerprint density at radius 2 is 1.68 bits per heavy atom. The second kappa shape index (κ2) is 11.5. The van der Waals surface area contributed by atoms with Gasteiger partial charge in [-0.05, 0) is 48.4 Å². The molecule has 0 atom stereocenters. The smallest absolute Gasteiger partial charge is 0.262 e. The largest absolute Gasteiger partial charge is 0.508 e. The maximum Gasteiger partial charge on any atom is 0.262 e. The second-order valence-corrected chi connectivity index (χ2v) is 11.4. The molecular weight excluding hydrogens is 530 g/mol. The number of phenols is 2. The molecule has 1 amide bonds. The molecule has 1 fully saturated rings. The Bertz CT molecular complexity index is 1620. The van der Waals surface area contributed by atoms with Gasteiger partial charge < -0.3 is 19.8 Å². The minimum Gasteiger partial charge on any atom is -0.508 e. The number of carbonyl (C=O) groups is 1. The summed E-state index contributed by atoms with van der Waals surface area (Å²) in [5, 5.41) is 20.0. The van der Waals surface area contributed by atoms with Crippen molar-refractivity contribution in [2.24, 2.45) is 0 Å². The summed E-state index contributed by atoms with van der Waals surface area (Å²) in [5.74, 6) is -0.882. The number of amides is 1. The highest BCUT2D eigenvalue weighted by Gasteiger charge is 2.27. The van der Waals surface area contributed by atoms with Crippen LogP contribution in [-0.4, -0.2) is 60.1 Å². The number of morpholine rings is 1. The molecule has 0 spiro atoms. The predicted molar refractivity (Wildman–Crippen MR) is 151 cm³/mol. The van der Waals surface area contributed by atoms with Crippen LogP contribution in [0.5, 0.6) is 11.5 Å². The number of benzene rings is 3. The van der Waals surface area contributed by atoms with Gasteiger partial charge in [0.2, 0.25) is 10.0 Å². The Kier molecular flexibility index (Phi) is 7.83. The molecule has 1 aromatic heterocycles. The Morgan fingerprint density at radius 3 is 2.33 bits per heavy atom. The van der Waals surface area contributed by atoms with E-state index >= 15 is 0 Å². The average molecular weight is 560 g/mol. The standard InChI is InChI=1S/C30H29N3O6S/c1-21-17-26(40(37,38)32-13-15-39-16-14-32)19-31-29(21)23-7-9-24(10-8-23)33(20-22-5-3-2-4-6-22)30(36)27-12-11-25(34)18-28(27)35/h2-12,17-19,34-35H,13-16,20H2,1H3. The molecule has 9 nitrogen and oxygen atoms in total. The minimum absolute atomic E-state index is 0.0624. The van der Waals surface area contributed by atoms with Crippen LogP contribution in [0.1, 0.15) is 21.5 Å². The Labute approximate surface area is 233 Å². The minimum atomic E-state index is -3.66. The molecule has 1 aliphatic rings. The van der Waals surface area contributed by atoms with E-state index in [2.05, 4.69) is 4.98 Å². The predicted octanol–water partition coefficient (Wildman–Crippen LogP) is 4.34. The maximum atomic E-state index is 13.6. The summed E-state index contributed by atoms with van der Waals surface area (Å²) >= 11 is 0. The van der Waals surface area contributed by atoms with Gasteiger partial charge in [0, 0.05) is 36.6 Å². The quantitative estimate of drug-likeness (QED) is 0.346. The summed E-state index contributed by atoms with van der Waals surface area (Å²) in [6.07, 6.45) is 1.37. The van der Waals surface area contributed by atoms with Gasteiger partial charge in [0.15, 0.2) is 0 Å². The number of carbonyl (C=O) groups excluding carboxylic acids is 1. The summed E-state index contributed by atoms with van der Waals surface area (Å²) < 4.78 is 32.8. The molecule has 10 heteroatoms. The first-order valence-corrected chi connectivity index (χ1v) is 14.2. The zero-order valence-corrected chi connectivity index (χ0v) is 22.7. The highest BCUT2D eigenvalue weighted by molar-refractivity contribution is 7.89. The van der Waals surface area contributed by atoms with Crippen molar-refractivity contribution in [1.82, 2.24) is 9.29 Å². The van der Waals surface area contributed by atoms with Crippen LogP contribution in [0.4, 0.5) is 5.69 Å². The Hall–Kier alpha value is -4.25. The van der Waals surface area contributed by atoms with Gasteiger partial charge in [-0.3, -0.25) is 9.78 Å². The van der Waals surface area contributed by atoms with E-state index in [0.717, 1.165) is 17.2 Å². The van der Waals surface area contributed by atoms with Gasteiger partial charge in [-0.25, -0.2) is 8.42 Å². The number of aromatic hydroxyl groups is 2. The van der Waals surface area contributed by atoms with Crippen LogP contribution >= 0.6 is 0 Å². The van der Waals surface area contributed by atoms with Gasteiger partial charge in [-0.2, -0.15) is 4.31 Å². The van der Waals surface area contributed by atoms with E-state index < -0.39 is 15.9 Å². The normalized spacial score (nSPS) is 14.1. The molecule has 4 aromatic rings. The van der Waals surface area contributed by atoms with Gasteiger partial charge >= 0.3 is 0 Å². The van der Waals surface area contributed by atoms with E-state index in [-0.39, 0.29) is 28.5 Å². The lowest BCUT2D eigenvalue weighted by atomic mass is 10.1. The number of hydrogen-bond acceptors (Lipinski definition) is 7. The van der Waals surface area contributed by atoms with Crippen LogP contribution in [0.2, 0.25) is 0 Å². The Morgan fingerprint density at radius 1 is 0.975 bits per heavy atom. The zero-order chi connectivity index (χ0) is 28.3. The molecule has 0 radical (unpaired) electrons. The number of nitrogens with zero attached hydrogens (tertiary/aromatic N) is 3. The number of aryl methyl sites for hydroxylation is 1. The molecule has 1 aliphatic heterocycles. The molecule has 1 saturated heterocycles. The van der Waals surface area contributed by atoms with Gasteiger partial charge in [0.05, 0.1) is 31.0 Å². The van der Waals surface area contributed by atoms with E-state index in [9.17, 15) is 23.4 Å². The van der Waals surface area contributed by atoms with Gasteiger partial charge in [0.1, 0.15) is 16.4 Å². The summed E-state index contributed by atoms with van der Waals surface area (Å²) in [6, 6.07) is 22.2. The molecular formula is C30H29N3O6S. The number of sulfonamides is 1. The SMILES string of the molecule is Cc1cc(S(=O)(=O)N2CCOCC2)cnc1-c1ccc(N(Cc2ccccc2)C(=O)c2ccc(O)cc2O)cc1. The molecule has 0 bridgehead atoms. The van der Waals surface area contributed by atoms with Crippen LogP contribution in [0.25, 0.3) is 11.3 Å². The van der Waals surface area contributed by atoms with E-state index in [1.54, 1.807) is 23.1 Å². The van der Waals surface area contributed by atoms with Crippen molar-refractivity contribution in [1.29, 1.82) is 0 Å². The first-order valence-electron chi connectivity index (χ1n) is 12.8. The molecule has 2 heterocycles. The van der Waals surface area contributed by atoms with Crippen molar-refractivity contribution >= 4 is 21.6 Å². The Balaban J connectivity index is 1.44. The lowest BCUT2D eigenvalue weighted by molar-refractivity contribution is 0.0730. The fraction of sp³-hybridized carbons (Fsp3) is 0.200. The summed E-state index contributed by atoms with van der Waals surface area (Å²) in [7, 11) is -3.66. The van der Waals surface area contributed by atoms with Gasteiger partial charge in [-0.15, -0.1) is 0 Å². The third kappa shape index (κ3) is 5.69. The molecule has 0 saturated carbocycles. The van der Waals surface area contributed by atoms with Crippen molar-refractivity contribution in [3.05, 3.63) is 102 Å². The van der Waals surface area contributed by atoms with E-state index in [0.29, 0.717) is 43.2 Å². The van der Waals surface area contributed by atoms with Crippen molar-refractivity contribution in [2.75, 3.05) is 31.2 Å². The fourth-order valence-corrected chi connectivity index (χ4v) is 6.06. The maximum absolute atomic E-state index is 13.6. The van der Waals surface area contributed by atoms with E-state index in [1.165, 1.54) is 22.6 Å². The van der Waals surface area contributed by atoms with Crippen LogP contribution in [0.3, 0.4) is 0 Å². The topological polar surface area (TPSA) is 120 Å². The van der Waals surface area contributed by atoms with Crippen molar-refractivity contribution in [3.8, 4) is 22.8 Å². The lowest BCUT2D eigenvalue weighted by Gasteiger charge is -2.26. The first-order chi connectivity index (χ1) is 19.2. The number of hydrogen-bond donors (Lipinski definition) is 2. The zero-order valence-electron chi connectivity index (χ0n) is 21.9. The lowest BCUT2D eigenvalue weighted by Crippen LogP contribution is -2.40. The number of anilines is 1. The van der Waals surface area contributed by atoms with Crippen molar-refractivity contribution < 1.29 is 28.2 Å². The number of aromatic nitrogens is 1. The third-order valence-corrected chi connectivity index (χ3v) is 8.62. The highest BCUT2D eigenvalue weighted by Crippen LogP contribution is 2.30. The average Bonchev–Trinajstić information content (AvgIpc) is 2.97. The van der Waals surface area contributed by atoms with E-state index in [1.807, 2.05) is 49.4 Å². The second-order valence-electron chi connectivity index (χ2n) is 9.48. The summed E-state index contributed by atoms with van der Waals surface area (Å²) in [6.45, 7) is 3.42. The summed E-state index contributed by atoms with van der Waals surface area (Å²) in [5.41, 5.74) is 3.64. The van der Waals surface area contributed by atoms with Crippen LogP contribution in [-0.2, 0) is 21.3 Å². The fourth-order valence-electron chi connectivity index (χ4n) is 4.62. The molecule has 0 aliphatic carbocycles. The number of phenolic OH excluding ortho intramolecular Hbond substituents is 2. The first kappa shape index (κ1) is 27.3. The van der Waals surface area contributed by atoms with Crippen LogP contribution < -0.4 is 4.90 Å². The molecule has 5 rings (SSSR count). The molecule has 0 unspecified atom stereocenters. The number of pyridine rings is 1. The van der Waals surface area contributed by atoms with Gasteiger partial charge in [0.25, 0.3) is 5.91 Å². The van der Waals surface area contributed by atoms with Crippen LogP contribution in [0, 0.1) is 6.92 Å². The number of ether oxygens (including phenoxy) is 1. The van der Waals surface area contributed by atoms with E-state index in [4.69, 9.17) is 4.74 Å².